The van der Waals surface area contributed by atoms with Crippen LogP contribution in [0.3, 0.4) is 0 Å². The molecular weight excluding hydrogens is 162 g/mol. The normalized spacial score (nSPS) is 36.6. The van der Waals surface area contributed by atoms with Gasteiger partial charge in [-0.2, -0.15) is 5.26 Å². The van der Waals surface area contributed by atoms with Gasteiger partial charge < -0.3 is 5.11 Å². The Morgan fingerprint density at radius 2 is 1.69 bits per heavy atom. The molecule has 13 heavy (non-hydrogen) atoms. The molecule has 1 rings (SSSR count). The summed E-state index contributed by atoms with van der Waals surface area (Å²) in [4.78, 5) is 0. The van der Waals surface area contributed by atoms with Gasteiger partial charge in [0.1, 0.15) is 0 Å². The fraction of sp³-hybridized carbons (Fsp3) is 0.909. The van der Waals surface area contributed by atoms with E-state index in [4.69, 9.17) is 5.26 Å². The van der Waals surface area contributed by atoms with Crippen LogP contribution in [0.15, 0.2) is 0 Å². The lowest BCUT2D eigenvalue weighted by atomic mass is 9.58. The van der Waals surface area contributed by atoms with Crippen LogP contribution >= 0.6 is 0 Å². The van der Waals surface area contributed by atoms with E-state index in [0.29, 0.717) is 6.42 Å². The Bertz CT molecular complexity index is 249. The van der Waals surface area contributed by atoms with Gasteiger partial charge in [0, 0.05) is 5.41 Å². The smallest absolute Gasteiger partial charge is 0.156 e. The minimum atomic E-state index is -1.14. The Kier molecular flexibility index (Phi) is 2.20. The molecule has 0 heterocycles. The third-order valence-corrected chi connectivity index (χ3v) is 3.47. The van der Waals surface area contributed by atoms with Crippen molar-refractivity contribution in [3.8, 4) is 6.07 Å². The van der Waals surface area contributed by atoms with Gasteiger partial charge in [0.25, 0.3) is 0 Å². The number of hydrogen-bond acceptors (Lipinski definition) is 2. The minimum absolute atomic E-state index is 0.0972. The second-order valence-electron chi connectivity index (χ2n) is 5.70. The molecule has 1 aliphatic carbocycles. The van der Waals surface area contributed by atoms with Crippen LogP contribution in [0.25, 0.3) is 0 Å². The van der Waals surface area contributed by atoms with Crippen molar-refractivity contribution in [1.29, 1.82) is 5.26 Å². The summed E-state index contributed by atoms with van der Waals surface area (Å²) in [6.07, 6.45) is 2.59. The number of rotatable bonds is 0. The predicted molar refractivity (Wildman–Crippen MR) is 52.0 cm³/mol. The Morgan fingerprint density at radius 1 is 1.15 bits per heavy atom. The summed E-state index contributed by atoms with van der Waals surface area (Å²) in [6.45, 7) is 8.19. The fourth-order valence-corrected chi connectivity index (χ4v) is 2.07. The van der Waals surface area contributed by atoms with E-state index in [-0.39, 0.29) is 10.8 Å². The van der Waals surface area contributed by atoms with Gasteiger partial charge in [-0.3, -0.25) is 0 Å². The molecule has 0 aromatic carbocycles. The molecule has 0 amide bonds. The lowest BCUT2D eigenvalue weighted by molar-refractivity contribution is -0.0879. The molecule has 0 spiro atoms. The largest absolute Gasteiger partial charge is 0.375 e. The first-order valence-electron chi connectivity index (χ1n) is 4.86. The van der Waals surface area contributed by atoms with Crippen molar-refractivity contribution in [1.82, 2.24) is 0 Å². The van der Waals surface area contributed by atoms with Gasteiger partial charge in [-0.25, -0.2) is 0 Å². The number of aliphatic hydroxyl groups is 1. The Hall–Kier alpha value is -0.550. The van der Waals surface area contributed by atoms with Gasteiger partial charge in [-0.05, 0) is 24.7 Å². The Labute approximate surface area is 80.6 Å². The van der Waals surface area contributed by atoms with Crippen LogP contribution in [0.2, 0.25) is 0 Å². The standard InChI is InChI=1S/C11H19NO/c1-9(2)5-6-10(3,4)11(13,7-9)8-12/h13H,5-7H2,1-4H3/t11-/m0/s1. The van der Waals surface area contributed by atoms with Gasteiger partial charge in [-0.15, -0.1) is 0 Å². The van der Waals surface area contributed by atoms with Gasteiger partial charge in [0.15, 0.2) is 5.60 Å². The zero-order valence-corrected chi connectivity index (χ0v) is 9.02. The number of nitrogens with zero attached hydrogens (tertiary/aromatic N) is 1. The van der Waals surface area contributed by atoms with Gasteiger partial charge in [-0.1, -0.05) is 27.7 Å². The van der Waals surface area contributed by atoms with E-state index in [1.807, 2.05) is 13.8 Å². The zero-order chi connectivity index (χ0) is 10.3. The zero-order valence-electron chi connectivity index (χ0n) is 9.02. The van der Waals surface area contributed by atoms with Crippen molar-refractivity contribution in [3.63, 3.8) is 0 Å². The van der Waals surface area contributed by atoms with E-state index >= 15 is 0 Å². The first kappa shape index (κ1) is 10.5. The second-order valence-corrected chi connectivity index (χ2v) is 5.70. The Balaban J connectivity index is 2.97. The molecule has 74 valence electrons. The second kappa shape index (κ2) is 2.72. The van der Waals surface area contributed by atoms with E-state index in [9.17, 15) is 5.11 Å². The van der Waals surface area contributed by atoms with E-state index in [1.165, 1.54) is 0 Å². The molecule has 0 aromatic heterocycles. The molecule has 0 aromatic rings. The van der Waals surface area contributed by atoms with Crippen LogP contribution in [-0.2, 0) is 0 Å². The summed E-state index contributed by atoms with van der Waals surface area (Å²) in [5.74, 6) is 0. The topological polar surface area (TPSA) is 44.0 Å². The third-order valence-electron chi connectivity index (χ3n) is 3.47. The molecule has 0 aliphatic heterocycles. The maximum absolute atomic E-state index is 10.2. The first-order valence-corrected chi connectivity index (χ1v) is 4.86. The molecule has 0 unspecified atom stereocenters. The molecule has 1 fully saturated rings. The highest BCUT2D eigenvalue weighted by Gasteiger charge is 2.50. The SMILES string of the molecule is CC1(C)CCC(C)(C)[C@@](O)(C#N)C1. The monoisotopic (exact) mass is 181 g/mol. The van der Waals surface area contributed by atoms with E-state index < -0.39 is 5.60 Å². The summed E-state index contributed by atoms with van der Waals surface area (Å²) < 4.78 is 0. The van der Waals surface area contributed by atoms with E-state index in [1.54, 1.807) is 0 Å². The van der Waals surface area contributed by atoms with E-state index in [2.05, 4.69) is 19.9 Å². The van der Waals surface area contributed by atoms with Gasteiger partial charge >= 0.3 is 0 Å². The van der Waals surface area contributed by atoms with Crippen molar-refractivity contribution < 1.29 is 5.11 Å². The minimum Gasteiger partial charge on any atom is -0.375 e. The molecule has 1 atom stereocenters. The molecule has 2 nitrogen and oxygen atoms in total. The van der Waals surface area contributed by atoms with Crippen molar-refractivity contribution in [2.24, 2.45) is 10.8 Å². The lowest BCUT2D eigenvalue weighted by Crippen LogP contribution is -2.50. The molecule has 0 radical (unpaired) electrons. The predicted octanol–water partition coefficient (Wildman–Crippen LogP) is 2.48. The summed E-state index contributed by atoms with van der Waals surface area (Å²) in [5.41, 5.74) is -1.31. The van der Waals surface area contributed by atoms with Crippen LogP contribution in [0, 0.1) is 22.2 Å². The van der Waals surface area contributed by atoms with Gasteiger partial charge in [0.2, 0.25) is 0 Å². The lowest BCUT2D eigenvalue weighted by Gasteiger charge is -2.48. The Morgan fingerprint density at radius 3 is 2.08 bits per heavy atom. The molecule has 0 bridgehead atoms. The molecule has 1 aliphatic rings. The maximum atomic E-state index is 10.2. The van der Waals surface area contributed by atoms with Crippen LogP contribution in [-0.4, -0.2) is 10.7 Å². The van der Waals surface area contributed by atoms with Crippen LogP contribution in [0.1, 0.15) is 47.0 Å². The highest BCUT2D eigenvalue weighted by Crippen LogP contribution is 2.50. The van der Waals surface area contributed by atoms with E-state index in [0.717, 1.165) is 12.8 Å². The molecule has 1 saturated carbocycles. The van der Waals surface area contributed by atoms with Crippen molar-refractivity contribution in [2.75, 3.05) is 0 Å². The highest BCUT2D eigenvalue weighted by atomic mass is 16.3. The quantitative estimate of drug-likeness (QED) is 0.583. The summed E-state index contributed by atoms with van der Waals surface area (Å²) >= 11 is 0. The van der Waals surface area contributed by atoms with Crippen LogP contribution < -0.4 is 0 Å². The van der Waals surface area contributed by atoms with Crippen LogP contribution in [0.4, 0.5) is 0 Å². The van der Waals surface area contributed by atoms with Gasteiger partial charge in [0.05, 0.1) is 6.07 Å². The molecule has 1 N–H and O–H groups in total. The third kappa shape index (κ3) is 1.71. The highest BCUT2D eigenvalue weighted by molar-refractivity contribution is 5.13. The number of nitriles is 1. The maximum Gasteiger partial charge on any atom is 0.156 e. The average molecular weight is 181 g/mol. The van der Waals surface area contributed by atoms with Crippen molar-refractivity contribution in [2.45, 2.75) is 52.6 Å². The first-order chi connectivity index (χ1) is 5.72. The van der Waals surface area contributed by atoms with Crippen molar-refractivity contribution >= 4 is 0 Å². The summed E-state index contributed by atoms with van der Waals surface area (Å²) in [5, 5.41) is 19.2. The summed E-state index contributed by atoms with van der Waals surface area (Å²) in [6, 6.07) is 2.08. The molecule has 0 saturated heterocycles. The van der Waals surface area contributed by atoms with Crippen molar-refractivity contribution in [3.05, 3.63) is 0 Å². The number of hydrogen-bond donors (Lipinski definition) is 1. The molecular formula is C11H19NO. The van der Waals surface area contributed by atoms with Crippen LogP contribution in [0.5, 0.6) is 0 Å². The molecule has 2 heteroatoms. The summed E-state index contributed by atoms with van der Waals surface area (Å²) in [7, 11) is 0. The average Bonchev–Trinajstić information content (AvgIpc) is 1.98. The fourth-order valence-electron chi connectivity index (χ4n) is 2.07.